The Hall–Kier alpha value is -0.0500. The van der Waals surface area contributed by atoms with Gasteiger partial charge in [-0.2, -0.15) is 0 Å². The Morgan fingerprint density at radius 1 is 1.54 bits per heavy atom. The molecule has 0 aliphatic heterocycles. The third-order valence-corrected chi connectivity index (χ3v) is 2.93. The summed E-state index contributed by atoms with van der Waals surface area (Å²) < 4.78 is 1.07. The van der Waals surface area contributed by atoms with Gasteiger partial charge in [-0.05, 0) is 37.2 Å². The molecule has 72 valence electrons. The van der Waals surface area contributed by atoms with Gasteiger partial charge in [0.2, 0.25) is 0 Å². The van der Waals surface area contributed by atoms with Gasteiger partial charge in [-0.1, -0.05) is 34.5 Å². The van der Waals surface area contributed by atoms with Gasteiger partial charge in [0.05, 0.1) is 0 Å². The molecular formula is C10H13BrClN. The first kappa shape index (κ1) is 11.0. The summed E-state index contributed by atoms with van der Waals surface area (Å²) in [6.45, 7) is 2.14. The van der Waals surface area contributed by atoms with Gasteiger partial charge in [0.15, 0.2) is 0 Å². The smallest absolute Gasteiger partial charge is 0.0454 e. The molecule has 1 aromatic carbocycles. The van der Waals surface area contributed by atoms with Crippen LogP contribution in [0.3, 0.4) is 0 Å². The lowest BCUT2D eigenvalue weighted by Crippen LogP contribution is -2.15. The Balaban J connectivity index is 3.03. The fourth-order valence-corrected chi connectivity index (χ4v) is 1.99. The standard InChI is InChI=1S/C10H13BrClN/c1-3-10(13-2)8-6-7(11)4-5-9(8)12/h4-6,10,13H,3H2,1-2H3. The van der Waals surface area contributed by atoms with Gasteiger partial charge in [0, 0.05) is 15.5 Å². The number of benzene rings is 1. The minimum absolute atomic E-state index is 0.338. The number of nitrogens with one attached hydrogen (secondary N) is 1. The maximum Gasteiger partial charge on any atom is 0.0454 e. The molecule has 0 radical (unpaired) electrons. The van der Waals surface area contributed by atoms with E-state index in [1.807, 2.05) is 19.2 Å². The molecule has 0 saturated carbocycles. The van der Waals surface area contributed by atoms with E-state index in [0.29, 0.717) is 6.04 Å². The van der Waals surface area contributed by atoms with E-state index in [9.17, 15) is 0 Å². The highest BCUT2D eigenvalue weighted by Gasteiger charge is 2.10. The molecule has 13 heavy (non-hydrogen) atoms. The zero-order chi connectivity index (χ0) is 9.84. The Bertz CT molecular complexity index is 284. The number of hydrogen-bond donors (Lipinski definition) is 1. The van der Waals surface area contributed by atoms with Crippen LogP contribution in [0.4, 0.5) is 0 Å². The van der Waals surface area contributed by atoms with E-state index in [1.54, 1.807) is 0 Å². The first-order valence-electron chi connectivity index (χ1n) is 4.31. The zero-order valence-corrected chi connectivity index (χ0v) is 10.1. The van der Waals surface area contributed by atoms with Crippen molar-refractivity contribution in [2.24, 2.45) is 0 Å². The maximum atomic E-state index is 6.09. The van der Waals surface area contributed by atoms with Gasteiger partial charge in [0.1, 0.15) is 0 Å². The van der Waals surface area contributed by atoms with E-state index in [2.05, 4.69) is 34.2 Å². The predicted octanol–water partition coefficient (Wildman–Crippen LogP) is 3.77. The fraction of sp³-hybridized carbons (Fsp3) is 0.400. The van der Waals surface area contributed by atoms with Crippen molar-refractivity contribution in [3.8, 4) is 0 Å². The second kappa shape index (κ2) is 4.99. The predicted molar refractivity (Wildman–Crippen MR) is 61.2 cm³/mol. The van der Waals surface area contributed by atoms with Crippen molar-refractivity contribution in [1.29, 1.82) is 0 Å². The normalized spacial score (nSPS) is 12.9. The SMILES string of the molecule is CCC(NC)c1cc(Br)ccc1Cl. The average molecular weight is 263 g/mol. The van der Waals surface area contributed by atoms with Gasteiger partial charge >= 0.3 is 0 Å². The molecule has 0 saturated heterocycles. The molecule has 1 rings (SSSR count). The molecule has 1 N–H and O–H groups in total. The maximum absolute atomic E-state index is 6.09. The van der Waals surface area contributed by atoms with Crippen LogP contribution in [-0.2, 0) is 0 Å². The summed E-state index contributed by atoms with van der Waals surface area (Å²) in [7, 11) is 1.95. The Labute approximate surface area is 92.6 Å². The average Bonchev–Trinajstić information content (AvgIpc) is 2.13. The molecule has 1 unspecified atom stereocenters. The highest BCUT2D eigenvalue weighted by Crippen LogP contribution is 2.27. The molecule has 0 aliphatic rings. The summed E-state index contributed by atoms with van der Waals surface area (Å²) in [5, 5.41) is 4.05. The van der Waals surface area contributed by atoms with Gasteiger partial charge in [-0.3, -0.25) is 0 Å². The van der Waals surface area contributed by atoms with Crippen molar-refractivity contribution in [3.05, 3.63) is 33.3 Å². The van der Waals surface area contributed by atoms with Crippen molar-refractivity contribution in [1.82, 2.24) is 5.32 Å². The minimum Gasteiger partial charge on any atom is -0.313 e. The second-order valence-corrected chi connectivity index (χ2v) is 4.24. The molecule has 1 atom stereocenters. The van der Waals surface area contributed by atoms with Gasteiger partial charge in [0.25, 0.3) is 0 Å². The minimum atomic E-state index is 0.338. The summed E-state index contributed by atoms with van der Waals surface area (Å²) in [5.41, 5.74) is 1.15. The van der Waals surface area contributed by atoms with Gasteiger partial charge in [-0.15, -0.1) is 0 Å². The Morgan fingerprint density at radius 2 is 2.23 bits per heavy atom. The lowest BCUT2D eigenvalue weighted by atomic mass is 10.1. The third-order valence-electron chi connectivity index (χ3n) is 2.09. The summed E-state index contributed by atoms with van der Waals surface area (Å²) in [6, 6.07) is 6.27. The first-order valence-corrected chi connectivity index (χ1v) is 5.48. The molecule has 1 aromatic rings. The van der Waals surface area contributed by atoms with Gasteiger partial charge in [-0.25, -0.2) is 0 Å². The molecule has 0 aromatic heterocycles. The Kier molecular flexibility index (Phi) is 4.23. The van der Waals surface area contributed by atoms with Crippen molar-refractivity contribution in [2.45, 2.75) is 19.4 Å². The molecule has 0 heterocycles. The third kappa shape index (κ3) is 2.70. The summed E-state index contributed by atoms with van der Waals surface area (Å²) in [6.07, 6.45) is 1.03. The van der Waals surface area contributed by atoms with Crippen LogP contribution in [0.2, 0.25) is 5.02 Å². The highest BCUT2D eigenvalue weighted by molar-refractivity contribution is 9.10. The van der Waals surface area contributed by atoms with E-state index in [-0.39, 0.29) is 0 Å². The second-order valence-electron chi connectivity index (χ2n) is 2.92. The lowest BCUT2D eigenvalue weighted by molar-refractivity contribution is 0.577. The van der Waals surface area contributed by atoms with Crippen LogP contribution in [0.15, 0.2) is 22.7 Å². The monoisotopic (exact) mass is 261 g/mol. The van der Waals surface area contributed by atoms with Gasteiger partial charge < -0.3 is 5.32 Å². The molecule has 0 fully saturated rings. The summed E-state index contributed by atoms with van der Waals surface area (Å²) in [5.74, 6) is 0. The van der Waals surface area contributed by atoms with E-state index < -0.39 is 0 Å². The van der Waals surface area contributed by atoms with Crippen molar-refractivity contribution >= 4 is 27.5 Å². The molecule has 1 nitrogen and oxygen atoms in total. The number of rotatable bonds is 3. The lowest BCUT2D eigenvalue weighted by Gasteiger charge is -2.15. The van der Waals surface area contributed by atoms with Crippen LogP contribution in [-0.4, -0.2) is 7.05 Å². The Morgan fingerprint density at radius 3 is 2.77 bits per heavy atom. The van der Waals surface area contributed by atoms with Crippen molar-refractivity contribution in [2.75, 3.05) is 7.05 Å². The van der Waals surface area contributed by atoms with Crippen LogP contribution in [0, 0.1) is 0 Å². The molecule has 0 bridgehead atoms. The van der Waals surface area contributed by atoms with Crippen molar-refractivity contribution < 1.29 is 0 Å². The quantitative estimate of drug-likeness (QED) is 0.874. The summed E-state index contributed by atoms with van der Waals surface area (Å²) in [4.78, 5) is 0. The molecular weight excluding hydrogens is 249 g/mol. The van der Waals surface area contributed by atoms with Crippen LogP contribution in [0.5, 0.6) is 0 Å². The van der Waals surface area contributed by atoms with Crippen LogP contribution in [0.25, 0.3) is 0 Å². The van der Waals surface area contributed by atoms with E-state index >= 15 is 0 Å². The number of hydrogen-bond acceptors (Lipinski definition) is 1. The van der Waals surface area contributed by atoms with Crippen molar-refractivity contribution in [3.63, 3.8) is 0 Å². The topological polar surface area (TPSA) is 12.0 Å². The molecule has 3 heteroatoms. The van der Waals surface area contributed by atoms with E-state index in [4.69, 9.17) is 11.6 Å². The first-order chi connectivity index (χ1) is 6.19. The fourth-order valence-electron chi connectivity index (χ4n) is 1.36. The van der Waals surface area contributed by atoms with Crippen LogP contribution in [0.1, 0.15) is 24.9 Å². The summed E-state index contributed by atoms with van der Waals surface area (Å²) >= 11 is 9.52. The molecule has 0 amide bonds. The molecule has 0 aliphatic carbocycles. The molecule has 0 spiro atoms. The highest BCUT2D eigenvalue weighted by atomic mass is 79.9. The number of halogens is 2. The van der Waals surface area contributed by atoms with Crippen LogP contribution < -0.4 is 5.32 Å². The van der Waals surface area contributed by atoms with E-state index in [0.717, 1.165) is 21.5 Å². The van der Waals surface area contributed by atoms with E-state index in [1.165, 1.54) is 0 Å². The van der Waals surface area contributed by atoms with Crippen LogP contribution >= 0.6 is 27.5 Å². The zero-order valence-electron chi connectivity index (χ0n) is 7.77. The largest absolute Gasteiger partial charge is 0.313 e.